The standard InChI is InChI=1S/C12H7BrN2O.C12H7ClN2O.C12H7N2O.Y/c2*13-7-5-6-10(16)12-11(7)14-8-3-1-2-4-9(8)15-12;15-11-7-3-6-10-12(11)14-9-5-2-1-4-8(9)13-10;/h2*1-6,16H;1-5,7,15H;/q;;-1;. The summed E-state index contributed by atoms with van der Waals surface area (Å²) in [5.74, 6) is 0.385. The largest absolute Gasteiger partial charge is 0.531 e. The second-order valence-electron chi connectivity index (χ2n) is 10.2. The van der Waals surface area contributed by atoms with E-state index in [1.54, 1.807) is 30.3 Å². The van der Waals surface area contributed by atoms with Gasteiger partial charge >= 0.3 is 0 Å². The Bertz CT molecular complexity index is 2390. The van der Waals surface area contributed by atoms with Crippen molar-refractivity contribution in [1.82, 2.24) is 29.9 Å². The summed E-state index contributed by atoms with van der Waals surface area (Å²) in [5.41, 5.74) is 7.95. The Hall–Kier alpha value is -4.61. The van der Waals surface area contributed by atoms with E-state index in [0.29, 0.717) is 38.1 Å². The van der Waals surface area contributed by atoms with Crippen LogP contribution < -0.4 is 0 Å². The van der Waals surface area contributed by atoms with Gasteiger partial charge in [0.25, 0.3) is 0 Å². The molecule has 3 aromatic heterocycles. The Kier molecular flexibility index (Phi) is 9.89. The van der Waals surface area contributed by atoms with Crippen LogP contribution in [0, 0.1) is 6.07 Å². The molecule has 0 atom stereocenters. The molecular formula is C36H21BrClN6O3Y-. The van der Waals surface area contributed by atoms with Crippen molar-refractivity contribution < 1.29 is 48.0 Å². The Morgan fingerprint density at radius 3 is 1.40 bits per heavy atom. The predicted molar refractivity (Wildman–Crippen MR) is 188 cm³/mol. The second-order valence-corrected chi connectivity index (χ2v) is 11.5. The fraction of sp³-hybridized carbons (Fsp3) is 0. The van der Waals surface area contributed by atoms with Crippen molar-refractivity contribution in [3.8, 4) is 17.2 Å². The van der Waals surface area contributed by atoms with Crippen molar-refractivity contribution in [3.05, 3.63) is 125 Å². The monoisotopic (exact) mass is 788 g/mol. The van der Waals surface area contributed by atoms with E-state index in [9.17, 15) is 15.3 Å². The zero-order valence-electron chi connectivity index (χ0n) is 24.8. The number of rotatable bonds is 0. The molecule has 6 aromatic carbocycles. The predicted octanol–water partition coefficient (Wildman–Crippen LogP) is 8.68. The minimum Gasteiger partial charge on any atom is -0.531 e. The molecule has 0 saturated heterocycles. The molecule has 0 saturated carbocycles. The van der Waals surface area contributed by atoms with E-state index < -0.39 is 0 Å². The van der Waals surface area contributed by atoms with Gasteiger partial charge in [-0.25, -0.2) is 19.9 Å². The topological polar surface area (TPSA) is 138 Å². The number of fused-ring (bicyclic) bond motifs is 6. The van der Waals surface area contributed by atoms with E-state index in [1.807, 2.05) is 72.8 Å². The minimum absolute atomic E-state index is 0. The van der Waals surface area contributed by atoms with Crippen molar-refractivity contribution >= 4 is 93.7 Å². The van der Waals surface area contributed by atoms with Crippen LogP contribution in [0.15, 0.2) is 114 Å². The zero-order chi connectivity index (χ0) is 32.5. The van der Waals surface area contributed by atoms with Crippen molar-refractivity contribution in [3.63, 3.8) is 0 Å². The van der Waals surface area contributed by atoms with Crippen LogP contribution in [0.4, 0.5) is 0 Å². The van der Waals surface area contributed by atoms with Gasteiger partial charge in [0, 0.05) is 48.4 Å². The van der Waals surface area contributed by atoms with Gasteiger partial charge in [-0.15, -0.1) is 6.07 Å². The number of phenols is 3. The summed E-state index contributed by atoms with van der Waals surface area (Å²) in [5, 5.41) is 29.5. The van der Waals surface area contributed by atoms with E-state index in [0.717, 1.165) is 37.6 Å². The Morgan fingerprint density at radius 1 is 0.458 bits per heavy atom. The Labute approximate surface area is 311 Å². The first kappa shape index (κ1) is 33.3. The molecule has 0 aliphatic heterocycles. The fourth-order valence-corrected chi connectivity index (χ4v) is 5.47. The van der Waals surface area contributed by atoms with E-state index in [4.69, 9.17) is 11.6 Å². The first-order valence-corrected chi connectivity index (χ1v) is 15.4. The molecule has 0 bridgehead atoms. The molecule has 9 nitrogen and oxygen atoms in total. The molecule has 3 heterocycles. The van der Waals surface area contributed by atoms with Crippen LogP contribution in [-0.2, 0) is 32.7 Å². The molecular weight excluding hydrogens is 769 g/mol. The molecule has 3 N–H and O–H groups in total. The van der Waals surface area contributed by atoms with Crippen LogP contribution >= 0.6 is 27.5 Å². The number of aromatic nitrogens is 6. The van der Waals surface area contributed by atoms with Gasteiger partial charge in [-0.1, -0.05) is 48.0 Å². The third-order valence-corrected chi connectivity index (χ3v) is 8.07. The normalized spacial score (nSPS) is 10.8. The van der Waals surface area contributed by atoms with Gasteiger partial charge in [0.05, 0.1) is 38.1 Å². The number of halogens is 2. The van der Waals surface area contributed by atoms with Crippen LogP contribution in [0.1, 0.15) is 0 Å². The first-order chi connectivity index (χ1) is 22.9. The van der Waals surface area contributed by atoms with E-state index in [1.165, 1.54) is 6.07 Å². The van der Waals surface area contributed by atoms with E-state index in [-0.39, 0.29) is 50.0 Å². The number of nitrogens with zero attached hydrogens (tertiary/aromatic N) is 6. The van der Waals surface area contributed by atoms with Crippen LogP contribution in [0.3, 0.4) is 0 Å². The van der Waals surface area contributed by atoms with Crippen LogP contribution in [-0.4, -0.2) is 45.2 Å². The number of hydrogen-bond donors (Lipinski definition) is 3. The summed E-state index contributed by atoms with van der Waals surface area (Å²) in [4.78, 5) is 26.3. The van der Waals surface area contributed by atoms with Crippen LogP contribution in [0.25, 0.3) is 66.2 Å². The fourth-order valence-electron chi connectivity index (χ4n) is 4.87. The number of aromatic hydroxyl groups is 3. The molecule has 0 aliphatic carbocycles. The summed E-state index contributed by atoms with van der Waals surface area (Å²) in [7, 11) is 0. The van der Waals surface area contributed by atoms with Crippen LogP contribution in [0.5, 0.6) is 17.2 Å². The quantitative estimate of drug-likeness (QED) is 0.102. The molecule has 0 spiro atoms. The summed E-state index contributed by atoms with van der Waals surface area (Å²) < 4.78 is 0.832. The maximum atomic E-state index is 9.73. The number of benzene rings is 6. The number of phenolic OH excluding ortho intramolecular Hbond substituents is 3. The molecule has 12 heteroatoms. The average Bonchev–Trinajstić information content (AvgIpc) is 3.10. The minimum atomic E-state index is 0. The average molecular weight is 790 g/mol. The number of para-hydroxylation sites is 6. The van der Waals surface area contributed by atoms with Gasteiger partial charge in [-0.2, -0.15) is 12.1 Å². The van der Waals surface area contributed by atoms with Gasteiger partial charge in [-0.3, -0.25) is 4.98 Å². The molecule has 0 unspecified atom stereocenters. The van der Waals surface area contributed by atoms with Crippen molar-refractivity contribution in [2.75, 3.05) is 0 Å². The summed E-state index contributed by atoms with van der Waals surface area (Å²) in [6.07, 6.45) is 0. The summed E-state index contributed by atoms with van der Waals surface area (Å²) in [6, 6.07) is 35.3. The second kappa shape index (κ2) is 14.3. The van der Waals surface area contributed by atoms with Gasteiger partial charge in [0.1, 0.15) is 33.6 Å². The molecule has 231 valence electrons. The van der Waals surface area contributed by atoms with Gasteiger partial charge in [-0.05, 0) is 82.1 Å². The van der Waals surface area contributed by atoms with E-state index in [2.05, 4.69) is 51.9 Å². The Morgan fingerprint density at radius 2 is 0.854 bits per heavy atom. The first-order valence-electron chi connectivity index (χ1n) is 14.2. The maximum absolute atomic E-state index is 9.73. The number of hydrogen-bond acceptors (Lipinski definition) is 9. The summed E-state index contributed by atoms with van der Waals surface area (Å²) >= 11 is 9.42. The third kappa shape index (κ3) is 6.70. The Balaban J connectivity index is 0.000000124. The van der Waals surface area contributed by atoms with Gasteiger partial charge in [0.2, 0.25) is 0 Å². The van der Waals surface area contributed by atoms with Crippen molar-refractivity contribution in [1.29, 1.82) is 0 Å². The van der Waals surface area contributed by atoms with Crippen molar-refractivity contribution in [2.45, 2.75) is 0 Å². The third-order valence-electron chi connectivity index (χ3n) is 7.13. The van der Waals surface area contributed by atoms with Gasteiger partial charge < -0.3 is 20.3 Å². The van der Waals surface area contributed by atoms with Gasteiger partial charge in [0.15, 0.2) is 0 Å². The summed E-state index contributed by atoms with van der Waals surface area (Å²) in [6.45, 7) is 0. The van der Waals surface area contributed by atoms with Crippen molar-refractivity contribution in [2.24, 2.45) is 0 Å². The van der Waals surface area contributed by atoms with Crippen LogP contribution in [0.2, 0.25) is 5.02 Å². The molecule has 1 radical (unpaired) electrons. The zero-order valence-corrected chi connectivity index (χ0v) is 29.9. The molecule has 48 heavy (non-hydrogen) atoms. The SMILES string of the molecule is Oc1cc[c-]c2nc3ccccc3nc12.Oc1ccc(Br)c2nc3ccccc3nc12.Oc1ccc(Cl)c2nc3ccccc3nc12.[Y]. The molecule has 9 aromatic rings. The molecule has 0 amide bonds. The van der Waals surface area contributed by atoms with E-state index >= 15 is 0 Å². The molecule has 9 rings (SSSR count). The molecule has 0 aliphatic rings. The maximum Gasteiger partial charge on any atom is 0.143 e. The molecule has 0 fully saturated rings. The smallest absolute Gasteiger partial charge is 0.143 e.